The first-order valence-electron chi connectivity index (χ1n) is 5.09. The molecule has 0 bridgehead atoms. The molecule has 0 saturated heterocycles. The molecule has 0 heterocycles. The summed E-state index contributed by atoms with van der Waals surface area (Å²) in [6, 6.07) is 6.49. The van der Waals surface area contributed by atoms with E-state index in [4.69, 9.17) is 0 Å². The summed E-state index contributed by atoms with van der Waals surface area (Å²) in [6.07, 6.45) is -0.873. The summed E-state index contributed by atoms with van der Waals surface area (Å²) in [7, 11) is 0. The third kappa shape index (κ3) is 4.09. The molecular formula is C11H15NO4Se. The standard InChI is InChI=1S/C11H15NO4Se/c1-11(2,14)10(13)7-17-9-6-4-3-5-8(9)12(15)16/h3-6,10,13-14H,7H2,1-2H3/t10-/m1/s1. The third-order valence-corrected chi connectivity index (χ3v) is 4.66. The van der Waals surface area contributed by atoms with Crippen molar-refractivity contribution in [1.82, 2.24) is 0 Å². The molecular weight excluding hydrogens is 289 g/mol. The quantitative estimate of drug-likeness (QED) is 0.471. The SMILES string of the molecule is CC(C)(O)[C@H](O)C[Se]c1ccccc1[N+](=O)[O-]. The van der Waals surface area contributed by atoms with E-state index >= 15 is 0 Å². The van der Waals surface area contributed by atoms with Crippen molar-refractivity contribution in [2.45, 2.75) is 30.9 Å². The molecule has 0 aliphatic heterocycles. The van der Waals surface area contributed by atoms with Crippen LogP contribution in [0.5, 0.6) is 0 Å². The molecule has 6 heteroatoms. The molecule has 0 saturated carbocycles. The van der Waals surface area contributed by atoms with Gasteiger partial charge in [0.2, 0.25) is 0 Å². The summed E-state index contributed by atoms with van der Waals surface area (Å²) in [4.78, 5) is 10.3. The number of aliphatic hydroxyl groups excluding tert-OH is 1. The molecule has 0 fully saturated rings. The predicted molar refractivity (Wildman–Crippen MR) is 65.6 cm³/mol. The number of rotatable bonds is 5. The van der Waals surface area contributed by atoms with Gasteiger partial charge in [0.25, 0.3) is 0 Å². The van der Waals surface area contributed by atoms with E-state index in [1.165, 1.54) is 19.9 Å². The normalized spacial score (nSPS) is 13.4. The molecule has 0 spiro atoms. The van der Waals surface area contributed by atoms with Crippen LogP contribution >= 0.6 is 0 Å². The fourth-order valence-electron chi connectivity index (χ4n) is 1.10. The van der Waals surface area contributed by atoms with Gasteiger partial charge in [-0.1, -0.05) is 0 Å². The molecule has 1 aromatic rings. The number of benzene rings is 1. The van der Waals surface area contributed by atoms with Crippen LogP contribution in [-0.4, -0.2) is 41.8 Å². The van der Waals surface area contributed by atoms with E-state index < -0.39 is 16.6 Å². The van der Waals surface area contributed by atoms with Gasteiger partial charge >= 0.3 is 105 Å². The van der Waals surface area contributed by atoms with Crippen LogP contribution in [0.15, 0.2) is 24.3 Å². The van der Waals surface area contributed by atoms with Gasteiger partial charge in [0.15, 0.2) is 0 Å². The monoisotopic (exact) mass is 305 g/mol. The first-order valence-corrected chi connectivity index (χ1v) is 7.16. The van der Waals surface area contributed by atoms with Gasteiger partial charge in [0.1, 0.15) is 0 Å². The Morgan fingerprint density at radius 2 is 2.06 bits per heavy atom. The number of para-hydroxylation sites is 1. The van der Waals surface area contributed by atoms with E-state index in [0.717, 1.165) is 0 Å². The van der Waals surface area contributed by atoms with Crippen LogP contribution in [0.25, 0.3) is 0 Å². The van der Waals surface area contributed by atoms with Gasteiger partial charge in [-0.15, -0.1) is 0 Å². The number of aliphatic hydroxyl groups is 2. The molecule has 1 rings (SSSR count). The van der Waals surface area contributed by atoms with Gasteiger partial charge in [-0.05, 0) is 0 Å². The molecule has 1 atom stereocenters. The minimum absolute atomic E-state index is 0.0791. The van der Waals surface area contributed by atoms with Crippen molar-refractivity contribution < 1.29 is 15.1 Å². The molecule has 1 aromatic carbocycles. The van der Waals surface area contributed by atoms with Gasteiger partial charge < -0.3 is 0 Å². The Kier molecular flexibility index (Phi) is 4.65. The molecule has 94 valence electrons. The van der Waals surface area contributed by atoms with E-state index in [1.54, 1.807) is 18.2 Å². The van der Waals surface area contributed by atoms with Crippen LogP contribution in [0.3, 0.4) is 0 Å². The molecule has 5 nitrogen and oxygen atoms in total. The molecule has 0 aliphatic rings. The molecule has 17 heavy (non-hydrogen) atoms. The van der Waals surface area contributed by atoms with Crippen molar-refractivity contribution in [3.05, 3.63) is 34.4 Å². The van der Waals surface area contributed by atoms with E-state index in [1.807, 2.05) is 0 Å². The Bertz CT molecular complexity index is 403. The Hall–Kier alpha value is -0.941. The molecule has 0 amide bonds. The Morgan fingerprint density at radius 1 is 1.47 bits per heavy atom. The van der Waals surface area contributed by atoms with E-state index in [-0.39, 0.29) is 20.6 Å². The Balaban J connectivity index is 2.73. The van der Waals surface area contributed by atoms with Crippen molar-refractivity contribution in [3.63, 3.8) is 0 Å². The second-order valence-corrected chi connectivity index (χ2v) is 6.43. The zero-order valence-electron chi connectivity index (χ0n) is 9.66. The summed E-state index contributed by atoms with van der Waals surface area (Å²) in [5.74, 6) is 0. The zero-order chi connectivity index (χ0) is 13.1. The second kappa shape index (κ2) is 5.60. The van der Waals surface area contributed by atoms with Gasteiger partial charge in [-0.25, -0.2) is 0 Å². The van der Waals surface area contributed by atoms with Crippen LogP contribution < -0.4 is 4.46 Å². The van der Waals surface area contributed by atoms with Crippen molar-refractivity contribution in [2.75, 3.05) is 0 Å². The number of hydrogen-bond donors (Lipinski definition) is 2. The average Bonchev–Trinajstić information content (AvgIpc) is 2.24. The maximum absolute atomic E-state index is 10.8. The van der Waals surface area contributed by atoms with E-state index in [2.05, 4.69) is 0 Å². The minimum atomic E-state index is -1.18. The molecule has 0 aliphatic carbocycles. The summed E-state index contributed by atoms with van der Waals surface area (Å²) in [5, 5.41) is 30.4. The first-order chi connectivity index (χ1) is 7.82. The summed E-state index contributed by atoms with van der Waals surface area (Å²) >= 11 is -0.233. The van der Waals surface area contributed by atoms with Crippen molar-refractivity contribution in [3.8, 4) is 0 Å². The number of nitrogens with zero attached hydrogens (tertiary/aromatic N) is 1. The maximum atomic E-state index is 10.8. The first kappa shape index (κ1) is 14.1. The van der Waals surface area contributed by atoms with Crippen LogP contribution in [0.2, 0.25) is 5.32 Å². The third-order valence-electron chi connectivity index (χ3n) is 2.27. The molecule has 2 N–H and O–H groups in total. The Labute approximate surface area is 106 Å². The summed E-state index contributed by atoms with van der Waals surface area (Å²) in [5.41, 5.74) is -1.10. The van der Waals surface area contributed by atoms with Crippen molar-refractivity contribution >= 4 is 25.1 Å². The predicted octanol–water partition coefficient (Wildman–Crippen LogP) is 0.474. The summed E-state index contributed by atoms with van der Waals surface area (Å²) in [6.45, 7) is 3.04. The van der Waals surface area contributed by atoms with Gasteiger partial charge in [0, 0.05) is 0 Å². The summed E-state index contributed by atoms with van der Waals surface area (Å²) < 4.78 is 0.633. The molecule has 0 unspecified atom stereocenters. The van der Waals surface area contributed by atoms with Crippen molar-refractivity contribution in [2.24, 2.45) is 0 Å². The van der Waals surface area contributed by atoms with Crippen LogP contribution in [0, 0.1) is 10.1 Å². The van der Waals surface area contributed by atoms with Gasteiger partial charge in [-0.2, -0.15) is 0 Å². The fraction of sp³-hybridized carbons (Fsp3) is 0.455. The zero-order valence-corrected chi connectivity index (χ0v) is 11.4. The topological polar surface area (TPSA) is 83.6 Å². The van der Waals surface area contributed by atoms with E-state index in [9.17, 15) is 20.3 Å². The second-order valence-electron chi connectivity index (χ2n) is 4.21. The van der Waals surface area contributed by atoms with E-state index in [0.29, 0.717) is 9.78 Å². The Morgan fingerprint density at radius 3 is 2.59 bits per heavy atom. The van der Waals surface area contributed by atoms with Crippen LogP contribution in [0.4, 0.5) is 5.69 Å². The van der Waals surface area contributed by atoms with Crippen LogP contribution in [0.1, 0.15) is 13.8 Å². The molecule has 0 aromatic heterocycles. The fourth-order valence-corrected chi connectivity index (χ4v) is 3.64. The average molecular weight is 304 g/mol. The van der Waals surface area contributed by atoms with Gasteiger partial charge in [-0.3, -0.25) is 0 Å². The number of nitro groups is 1. The number of hydrogen-bond acceptors (Lipinski definition) is 4. The van der Waals surface area contributed by atoms with Gasteiger partial charge in [0.05, 0.1) is 0 Å². The van der Waals surface area contributed by atoms with Crippen molar-refractivity contribution in [1.29, 1.82) is 0 Å². The molecule has 0 radical (unpaired) electrons. The number of nitro benzene ring substituents is 1. The van der Waals surface area contributed by atoms with Crippen LogP contribution in [-0.2, 0) is 0 Å².